The highest BCUT2D eigenvalue weighted by atomic mass is 32.2. The molecule has 0 aliphatic carbocycles. The Morgan fingerprint density at radius 3 is 2.38 bits per heavy atom. The molecule has 0 spiro atoms. The molecule has 3 rings (SSSR count). The zero-order chi connectivity index (χ0) is 21.3. The Hall–Kier alpha value is -2.10. The van der Waals surface area contributed by atoms with Crippen LogP contribution in [0.15, 0.2) is 41.3 Å². The summed E-state index contributed by atoms with van der Waals surface area (Å²) in [4.78, 5) is 1.37. The molecule has 2 nitrogen and oxygen atoms in total. The molecule has 0 fully saturated rings. The first-order valence-electron chi connectivity index (χ1n) is 8.62. The van der Waals surface area contributed by atoms with Gasteiger partial charge in [-0.2, -0.15) is 13.2 Å². The second kappa shape index (κ2) is 8.33. The minimum atomic E-state index is -4.85. The number of phenols is 1. The molecule has 158 valence electrons. The molecule has 0 bridgehead atoms. The third kappa shape index (κ3) is 4.91. The average molecular weight is 439 g/mol. The predicted octanol–water partition coefficient (Wildman–Crippen LogP) is 6.75. The van der Waals surface area contributed by atoms with Crippen molar-refractivity contribution in [3.63, 3.8) is 0 Å². The van der Waals surface area contributed by atoms with Crippen molar-refractivity contribution in [2.24, 2.45) is 5.92 Å². The molecular formula is C19H16F7NOS. The van der Waals surface area contributed by atoms with Crippen LogP contribution in [0, 0.1) is 11.7 Å². The van der Waals surface area contributed by atoms with Crippen LogP contribution < -0.4 is 4.90 Å². The quantitative estimate of drug-likeness (QED) is 0.533. The fourth-order valence-electron chi connectivity index (χ4n) is 3.15. The molecule has 2 aromatic rings. The molecule has 1 aliphatic rings. The molecule has 0 amide bonds. The molecule has 10 heteroatoms. The summed E-state index contributed by atoms with van der Waals surface area (Å²) in [5.74, 6) is -2.54. The second-order valence-corrected chi connectivity index (χ2v) is 7.75. The van der Waals surface area contributed by atoms with E-state index in [1.807, 2.05) is 0 Å². The van der Waals surface area contributed by atoms with E-state index in [0.29, 0.717) is 17.8 Å². The number of alkyl halides is 6. The Labute approximate surface area is 166 Å². The lowest BCUT2D eigenvalue weighted by Crippen LogP contribution is -2.28. The Morgan fingerprint density at radius 2 is 1.79 bits per heavy atom. The van der Waals surface area contributed by atoms with Gasteiger partial charge < -0.3 is 10.0 Å². The molecule has 2 unspecified atom stereocenters. The van der Waals surface area contributed by atoms with Crippen LogP contribution in [-0.2, 0) is 6.18 Å². The van der Waals surface area contributed by atoms with Crippen LogP contribution in [0.25, 0.3) is 0 Å². The predicted molar refractivity (Wildman–Crippen MR) is 96.0 cm³/mol. The van der Waals surface area contributed by atoms with Gasteiger partial charge in [-0.3, -0.25) is 0 Å². The van der Waals surface area contributed by atoms with E-state index in [1.54, 1.807) is 0 Å². The van der Waals surface area contributed by atoms with Gasteiger partial charge >= 0.3 is 6.18 Å². The third-order valence-corrected chi connectivity index (χ3v) is 5.79. The van der Waals surface area contributed by atoms with Gasteiger partial charge in [0.25, 0.3) is 0 Å². The van der Waals surface area contributed by atoms with Crippen molar-refractivity contribution in [3.8, 4) is 5.75 Å². The van der Waals surface area contributed by atoms with Crippen molar-refractivity contribution < 1.29 is 35.8 Å². The van der Waals surface area contributed by atoms with E-state index < -0.39 is 47.6 Å². The van der Waals surface area contributed by atoms with Crippen molar-refractivity contribution in [2.45, 2.75) is 35.8 Å². The van der Waals surface area contributed by atoms with Gasteiger partial charge in [-0.05, 0) is 42.8 Å². The van der Waals surface area contributed by atoms with Gasteiger partial charge in [-0.25, -0.2) is 17.6 Å². The van der Waals surface area contributed by atoms with E-state index in [9.17, 15) is 35.8 Å². The number of thioether (sulfide) groups is 1. The zero-order valence-corrected chi connectivity index (χ0v) is 15.6. The summed E-state index contributed by atoms with van der Waals surface area (Å²) < 4.78 is 93.2. The van der Waals surface area contributed by atoms with Crippen molar-refractivity contribution >= 4 is 23.1 Å². The van der Waals surface area contributed by atoms with E-state index in [-0.39, 0.29) is 29.2 Å². The number of fused-ring (bicyclic) bond motifs is 1. The second-order valence-electron chi connectivity index (χ2n) is 6.62. The minimum absolute atomic E-state index is 0.0334. The number of aromatic hydroxyl groups is 1. The minimum Gasteiger partial charge on any atom is -0.507 e. The molecule has 0 radical (unpaired) electrons. The molecule has 0 saturated heterocycles. The lowest BCUT2D eigenvalue weighted by molar-refractivity contribution is -0.138. The van der Waals surface area contributed by atoms with Crippen LogP contribution in [0.3, 0.4) is 0 Å². The third-order valence-electron chi connectivity index (χ3n) is 4.59. The Kier molecular flexibility index (Phi) is 6.21. The lowest BCUT2D eigenvalue weighted by Gasteiger charge is -2.28. The van der Waals surface area contributed by atoms with Gasteiger partial charge in [0.1, 0.15) is 11.6 Å². The maximum atomic E-state index is 14.8. The van der Waals surface area contributed by atoms with Gasteiger partial charge in [0.2, 0.25) is 6.43 Å². The monoisotopic (exact) mass is 439 g/mol. The normalized spacial score (nSPS) is 19.9. The molecule has 0 saturated carbocycles. The van der Waals surface area contributed by atoms with Gasteiger partial charge in [0.15, 0.2) is 5.50 Å². The summed E-state index contributed by atoms with van der Waals surface area (Å²) >= 11 is 0.573. The fourth-order valence-corrected chi connectivity index (χ4v) is 4.28. The molecule has 2 aromatic carbocycles. The van der Waals surface area contributed by atoms with E-state index in [4.69, 9.17) is 0 Å². The van der Waals surface area contributed by atoms with Crippen LogP contribution in [0.2, 0.25) is 0 Å². The number of hydrogen-bond acceptors (Lipinski definition) is 3. The number of benzene rings is 2. The summed E-state index contributed by atoms with van der Waals surface area (Å²) in [5.41, 5.74) is -2.73. The van der Waals surface area contributed by atoms with Gasteiger partial charge in [-0.15, -0.1) is 0 Å². The molecule has 1 N–H and O–H groups in total. The maximum Gasteiger partial charge on any atom is 0.420 e. The highest BCUT2D eigenvalue weighted by Crippen LogP contribution is 2.49. The number of halogens is 7. The number of phenolic OH excluding ortho intramolecular Hbond substituents is 1. The number of nitrogens with zero attached hydrogens (tertiary/aromatic N) is 1. The molecule has 1 heterocycles. The summed E-state index contributed by atoms with van der Waals surface area (Å²) in [6.45, 7) is -0.179. The fraction of sp³-hybridized carbons (Fsp3) is 0.368. The highest BCUT2D eigenvalue weighted by Gasteiger charge is 2.38. The van der Waals surface area contributed by atoms with Crippen molar-refractivity contribution in [1.29, 1.82) is 0 Å². The lowest BCUT2D eigenvalue weighted by atomic mass is 10.0. The van der Waals surface area contributed by atoms with Crippen LogP contribution in [0.5, 0.6) is 5.75 Å². The highest BCUT2D eigenvalue weighted by molar-refractivity contribution is 8.00. The molecule has 2 atom stereocenters. The molecule has 0 aromatic heterocycles. The Bertz CT molecular complexity index is 857. The average Bonchev–Trinajstić information content (AvgIpc) is 2.75. The van der Waals surface area contributed by atoms with Crippen molar-refractivity contribution in [2.75, 3.05) is 11.4 Å². The van der Waals surface area contributed by atoms with Crippen LogP contribution >= 0.6 is 11.8 Å². The summed E-state index contributed by atoms with van der Waals surface area (Å²) in [5, 5.41) is 9.79. The smallest absolute Gasteiger partial charge is 0.420 e. The van der Waals surface area contributed by atoms with Crippen LogP contribution in [-0.4, -0.2) is 23.6 Å². The van der Waals surface area contributed by atoms with Crippen molar-refractivity contribution in [1.82, 2.24) is 0 Å². The molecule has 29 heavy (non-hydrogen) atoms. The largest absolute Gasteiger partial charge is 0.507 e. The first kappa shape index (κ1) is 21.6. The number of anilines is 2. The van der Waals surface area contributed by atoms with Gasteiger partial charge in [0, 0.05) is 29.5 Å². The Balaban J connectivity index is 2.10. The first-order chi connectivity index (χ1) is 13.6. The van der Waals surface area contributed by atoms with Gasteiger partial charge in [0.05, 0.1) is 11.3 Å². The first-order valence-corrected chi connectivity index (χ1v) is 9.50. The van der Waals surface area contributed by atoms with E-state index in [2.05, 4.69) is 0 Å². The van der Waals surface area contributed by atoms with Crippen LogP contribution in [0.4, 0.5) is 42.1 Å². The molecular weight excluding hydrogens is 423 g/mol. The summed E-state index contributed by atoms with van der Waals surface area (Å²) in [6, 6.07) is 6.34. The SMILES string of the molecule is Oc1cc2c(cc1C(F)(F)F)N(c1ccc(F)cc1)CC(CCC(F)F)C(F)S2. The van der Waals surface area contributed by atoms with E-state index in [0.717, 1.165) is 18.2 Å². The van der Waals surface area contributed by atoms with E-state index in [1.165, 1.54) is 17.0 Å². The van der Waals surface area contributed by atoms with Gasteiger partial charge in [-0.1, -0.05) is 11.8 Å². The standard InChI is InChI=1S/C19H16F7NOS/c20-11-2-4-12(5-3-11)27-9-10(1-6-17(21)22)18(23)29-16-8-15(28)13(7-14(16)27)19(24,25)26/h2-5,7-8,10,17-18,28H,1,6,9H2. The number of rotatable bonds is 4. The summed E-state index contributed by atoms with van der Waals surface area (Å²) in [7, 11) is 0. The Morgan fingerprint density at radius 1 is 1.14 bits per heavy atom. The van der Waals surface area contributed by atoms with E-state index >= 15 is 0 Å². The zero-order valence-electron chi connectivity index (χ0n) is 14.8. The topological polar surface area (TPSA) is 23.5 Å². The maximum absolute atomic E-state index is 14.8. The van der Waals surface area contributed by atoms with Crippen LogP contribution in [0.1, 0.15) is 18.4 Å². The molecule has 1 aliphatic heterocycles. The summed E-state index contributed by atoms with van der Waals surface area (Å²) in [6.07, 6.45) is -8.24. The number of hydrogen-bond donors (Lipinski definition) is 1. The van der Waals surface area contributed by atoms with Crippen molar-refractivity contribution in [3.05, 3.63) is 47.8 Å².